The summed E-state index contributed by atoms with van der Waals surface area (Å²) in [4.78, 5) is 22.6. The maximum atomic E-state index is 12.0. The molecule has 0 heterocycles. The van der Waals surface area contributed by atoms with E-state index in [0.29, 0.717) is 11.5 Å². The van der Waals surface area contributed by atoms with E-state index < -0.39 is 10.8 Å². The van der Waals surface area contributed by atoms with Gasteiger partial charge in [-0.3, -0.25) is 20.2 Å². The van der Waals surface area contributed by atoms with Crippen LogP contribution in [0.4, 0.5) is 11.4 Å². The van der Waals surface area contributed by atoms with Crippen molar-refractivity contribution in [3.8, 4) is 11.5 Å². The molecule has 2 N–H and O–H groups in total. The summed E-state index contributed by atoms with van der Waals surface area (Å²) in [5.74, 6) is 0.465. The summed E-state index contributed by atoms with van der Waals surface area (Å²) in [5.41, 5.74) is 0.634. The van der Waals surface area contributed by atoms with Crippen LogP contribution in [0, 0.1) is 10.1 Å². The molecule has 0 saturated heterocycles. The van der Waals surface area contributed by atoms with Crippen molar-refractivity contribution < 1.29 is 19.2 Å². The first-order valence-corrected chi connectivity index (χ1v) is 8.11. The van der Waals surface area contributed by atoms with Crippen LogP contribution in [-0.4, -0.2) is 30.2 Å². The Labute approximate surface area is 160 Å². The normalized spacial score (nSPS) is 10.3. The van der Waals surface area contributed by atoms with Crippen LogP contribution < -0.4 is 20.1 Å². The molecule has 0 aliphatic carbocycles. The topological polar surface area (TPSA) is 103 Å². The summed E-state index contributed by atoms with van der Waals surface area (Å²) in [6.45, 7) is 0. The lowest BCUT2D eigenvalue weighted by Crippen LogP contribution is -2.33. The molecule has 0 radical (unpaired) electrons. The van der Waals surface area contributed by atoms with Gasteiger partial charge < -0.3 is 14.8 Å². The molecule has 140 valence electrons. The highest BCUT2D eigenvalue weighted by atomic mass is 32.1. The third-order valence-corrected chi connectivity index (χ3v) is 3.64. The predicted octanol–water partition coefficient (Wildman–Crippen LogP) is 3.14. The van der Waals surface area contributed by atoms with Gasteiger partial charge in [0.2, 0.25) is 5.91 Å². The van der Waals surface area contributed by atoms with Crippen molar-refractivity contribution >= 4 is 40.7 Å². The minimum Gasteiger partial charge on any atom is -0.496 e. The summed E-state index contributed by atoms with van der Waals surface area (Å²) >= 11 is 5.04. The van der Waals surface area contributed by atoms with Gasteiger partial charge in [0.1, 0.15) is 17.2 Å². The van der Waals surface area contributed by atoms with E-state index in [0.717, 1.165) is 5.56 Å². The molecule has 8 nitrogen and oxygen atoms in total. The number of carbonyl (C=O) groups excluding carboxylic acids is 1. The van der Waals surface area contributed by atoms with E-state index in [9.17, 15) is 14.9 Å². The highest BCUT2D eigenvalue weighted by molar-refractivity contribution is 7.80. The number of thiocarbonyl (C=S) groups is 1. The molecule has 27 heavy (non-hydrogen) atoms. The molecule has 0 saturated carbocycles. The second kappa shape index (κ2) is 9.30. The average Bonchev–Trinajstić information content (AvgIpc) is 2.66. The number of para-hydroxylation sites is 1. The number of hydrogen-bond acceptors (Lipinski definition) is 6. The molecule has 0 aromatic heterocycles. The Morgan fingerprint density at radius 1 is 1.19 bits per heavy atom. The van der Waals surface area contributed by atoms with E-state index >= 15 is 0 Å². The lowest BCUT2D eigenvalue weighted by atomic mass is 10.2. The van der Waals surface area contributed by atoms with Crippen LogP contribution in [0.15, 0.2) is 48.5 Å². The third-order valence-electron chi connectivity index (χ3n) is 3.44. The van der Waals surface area contributed by atoms with E-state index in [1.165, 1.54) is 32.4 Å². The molecule has 0 aliphatic heterocycles. The van der Waals surface area contributed by atoms with Crippen molar-refractivity contribution in [2.45, 2.75) is 0 Å². The number of nitro benzene ring substituents is 1. The zero-order chi connectivity index (χ0) is 19.8. The molecule has 0 aliphatic rings. The Hall–Kier alpha value is -3.46. The summed E-state index contributed by atoms with van der Waals surface area (Å²) in [7, 11) is 2.94. The van der Waals surface area contributed by atoms with Gasteiger partial charge in [-0.15, -0.1) is 0 Å². The molecule has 1 amide bonds. The second-order valence-electron chi connectivity index (χ2n) is 5.16. The molecule has 0 atom stereocenters. The Kier molecular flexibility index (Phi) is 6.84. The predicted molar refractivity (Wildman–Crippen MR) is 106 cm³/mol. The highest BCUT2D eigenvalue weighted by Crippen LogP contribution is 2.28. The molecule has 0 spiro atoms. The molecule has 9 heteroatoms. The van der Waals surface area contributed by atoms with E-state index in [-0.39, 0.29) is 16.5 Å². The Bertz CT molecular complexity index is 898. The smallest absolute Gasteiger partial charge is 0.296 e. The van der Waals surface area contributed by atoms with Crippen LogP contribution >= 0.6 is 12.2 Å². The van der Waals surface area contributed by atoms with Crippen LogP contribution in [0.25, 0.3) is 6.08 Å². The van der Waals surface area contributed by atoms with E-state index in [2.05, 4.69) is 10.6 Å². The molecular formula is C18H17N3O5S. The Balaban J connectivity index is 2.04. The number of amides is 1. The van der Waals surface area contributed by atoms with Gasteiger partial charge in [0.05, 0.1) is 25.2 Å². The fourth-order valence-corrected chi connectivity index (χ4v) is 2.38. The first-order valence-electron chi connectivity index (χ1n) is 7.70. The number of rotatable bonds is 6. The van der Waals surface area contributed by atoms with E-state index in [1.54, 1.807) is 24.3 Å². The van der Waals surface area contributed by atoms with Crippen LogP contribution in [0.2, 0.25) is 0 Å². The van der Waals surface area contributed by atoms with Crippen LogP contribution in [0.3, 0.4) is 0 Å². The molecule has 2 aromatic carbocycles. The summed E-state index contributed by atoms with van der Waals surface area (Å²) in [5, 5.41) is 16.2. The van der Waals surface area contributed by atoms with Gasteiger partial charge in [0.15, 0.2) is 5.11 Å². The number of carbonyl (C=O) groups is 1. The third kappa shape index (κ3) is 5.51. The van der Waals surface area contributed by atoms with Gasteiger partial charge in [-0.2, -0.15) is 0 Å². The van der Waals surface area contributed by atoms with Gasteiger partial charge in [-0.1, -0.05) is 18.2 Å². The lowest BCUT2D eigenvalue weighted by Gasteiger charge is -2.09. The van der Waals surface area contributed by atoms with Crippen molar-refractivity contribution in [2.24, 2.45) is 0 Å². The molecule has 2 rings (SSSR count). The first kappa shape index (κ1) is 19.9. The number of nitro groups is 1. The van der Waals surface area contributed by atoms with Crippen molar-refractivity contribution in [1.82, 2.24) is 5.32 Å². The number of hydrogen-bond donors (Lipinski definition) is 2. The lowest BCUT2D eigenvalue weighted by molar-refractivity contribution is -0.384. The standard InChI is InChI=1S/C18H17N3O5S/c1-25-13-8-9-14(15(11-13)21(23)24)19-18(27)20-17(22)10-7-12-5-3-4-6-16(12)26-2/h3-11H,1-2H3,(H2,19,20,22,27)/b10-7+. The van der Waals surface area contributed by atoms with Gasteiger partial charge in [0, 0.05) is 11.6 Å². The summed E-state index contributed by atoms with van der Waals surface area (Å²) < 4.78 is 10.2. The van der Waals surface area contributed by atoms with Gasteiger partial charge in [-0.25, -0.2) is 0 Å². The molecule has 0 bridgehead atoms. The van der Waals surface area contributed by atoms with Crippen molar-refractivity contribution in [3.05, 3.63) is 64.2 Å². The number of methoxy groups -OCH3 is 2. The van der Waals surface area contributed by atoms with Crippen molar-refractivity contribution in [2.75, 3.05) is 19.5 Å². The van der Waals surface area contributed by atoms with Crippen LogP contribution in [0.5, 0.6) is 11.5 Å². The van der Waals surface area contributed by atoms with E-state index in [4.69, 9.17) is 21.7 Å². The largest absolute Gasteiger partial charge is 0.496 e. The molecule has 0 fully saturated rings. The fourth-order valence-electron chi connectivity index (χ4n) is 2.17. The number of ether oxygens (including phenoxy) is 2. The fraction of sp³-hybridized carbons (Fsp3) is 0.111. The molecule has 0 unspecified atom stereocenters. The maximum absolute atomic E-state index is 12.0. The second-order valence-corrected chi connectivity index (χ2v) is 5.57. The summed E-state index contributed by atoms with van der Waals surface area (Å²) in [6.07, 6.45) is 2.86. The highest BCUT2D eigenvalue weighted by Gasteiger charge is 2.16. The van der Waals surface area contributed by atoms with Gasteiger partial charge >= 0.3 is 0 Å². The van der Waals surface area contributed by atoms with Crippen molar-refractivity contribution in [3.63, 3.8) is 0 Å². The van der Waals surface area contributed by atoms with Crippen molar-refractivity contribution in [1.29, 1.82) is 0 Å². The number of nitrogens with one attached hydrogen (secondary N) is 2. The summed E-state index contributed by atoms with van der Waals surface area (Å²) in [6, 6.07) is 11.4. The minimum atomic E-state index is -0.573. The maximum Gasteiger partial charge on any atom is 0.296 e. The molecular weight excluding hydrogens is 370 g/mol. The zero-order valence-corrected chi connectivity index (χ0v) is 15.4. The first-order chi connectivity index (χ1) is 12.9. The van der Waals surface area contributed by atoms with Crippen LogP contribution in [0.1, 0.15) is 5.56 Å². The van der Waals surface area contributed by atoms with Gasteiger partial charge in [-0.05, 0) is 36.5 Å². The Morgan fingerprint density at radius 2 is 1.93 bits per heavy atom. The zero-order valence-electron chi connectivity index (χ0n) is 14.6. The quantitative estimate of drug-likeness (QED) is 0.340. The molecule has 2 aromatic rings. The monoisotopic (exact) mass is 387 g/mol. The minimum absolute atomic E-state index is 0.0713. The number of anilines is 1. The Morgan fingerprint density at radius 3 is 2.59 bits per heavy atom. The van der Waals surface area contributed by atoms with Crippen LogP contribution in [-0.2, 0) is 4.79 Å². The van der Waals surface area contributed by atoms with Gasteiger partial charge in [0.25, 0.3) is 5.69 Å². The average molecular weight is 387 g/mol. The SMILES string of the molecule is COc1ccc(NC(=S)NC(=O)/C=C/c2ccccc2OC)c([N+](=O)[O-])c1. The van der Waals surface area contributed by atoms with E-state index in [1.807, 2.05) is 12.1 Å². The number of benzene rings is 2. The number of nitrogens with zero attached hydrogens (tertiary/aromatic N) is 1.